The number of nitriles is 1. The number of nitrogens with zero attached hydrogens (tertiary/aromatic N) is 2. The minimum absolute atomic E-state index is 0.00451. The summed E-state index contributed by atoms with van der Waals surface area (Å²) in [6.07, 6.45) is 7.58. The van der Waals surface area contributed by atoms with Crippen molar-refractivity contribution in [2.75, 3.05) is 13.1 Å². The van der Waals surface area contributed by atoms with E-state index in [9.17, 15) is 8.42 Å². The lowest BCUT2D eigenvalue weighted by Gasteiger charge is -2.28. The zero-order valence-electron chi connectivity index (χ0n) is 13.4. The summed E-state index contributed by atoms with van der Waals surface area (Å²) in [6, 6.07) is 9.74. The first-order chi connectivity index (χ1) is 11.1. The number of sulfonamides is 1. The summed E-state index contributed by atoms with van der Waals surface area (Å²) in [5, 5.41) is 8.93. The molecule has 23 heavy (non-hydrogen) atoms. The molecule has 0 atom stereocenters. The topological polar surface area (TPSA) is 61.2 Å². The molecule has 1 saturated carbocycles. The summed E-state index contributed by atoms with van der Waals surface area (Å²) >= 11 is 0. The SMILES string of the molecule is N#CC1CCN(S(=O)(=O)c2ccc(C3CCCCC3)cc2)CC1. The maximum absolute atomic E-state index is 12.7. The van der Waals surface area contributed by atoms with Crippen LogP contribution in [-0.4, -0.2) is 25.8 Å². The average molecular weight is 332 g/mol. The second-order valence-corrected chi connectivity index (χ2v) is 8.65. The van der Waals surface area contributed by atoms with E-state index < -0.39 is 10.0 Å². The molecule has 0 bridgehead atoms. The maximum Gasteiger partial charge on any atom is 0.243 e. The first kappa shape index (κ1) is 16.5. The van der Waals surface area contributed by atoms with Crippen LogP contribution in [0.3, 0.4) is 0 Å². The van der Waals surface area contributed by atoms with Crippen LogP contribution in [0.1, 0.15) is 56.4 Å². The van der Waals surface area contributed by atoms with Gasteiger partial charge >= 0.3 is 0 Å². The summed E-state index contributed by atoms with van der Waals surface area (Å²) in [7, 11) is -3.42. The molecule has 5 heteroatoms. The second kappa shape index (κ2) is 7.02. The van der Waals surface area contributed by atoms with Crippen molar-refractivity contribution in [2.45, 2.75) is 55.8 Å². The van der Waals surface area contributed by atoms with Gasteiger partial charge in [-0.2, -0.15) is 9.57 Å². The fraction of sp³-hybridized carbons (Fsp3) is 0.611. The minimum atomic E-state index is -3.42. The highest BCUT2D eigenvalue weighted by Crippen LogP contribution is 2.33. The van der Waals surface area contributed by atoms with Gasteiger partial charge in [0.1, 0.15) is 0 Å². The molecule has 1 aromatic rings. The maximum atomic E-state index is 12.7. The molecule has 0 aromatic heterocycles. The average Bonchev–Trinajstić information content (AvgIpc) is 2.62. The Morgan fingerprint density at radius 3 is 2.13 bits per heavy atom. The summed E-state index contributed by atoms with van der Waals surface area (Å²) in [5.41, 5.74) is 1.27. The Morgan fingerprint density at radius 1 is 0.957 bits per heavy atom. The lowest BCUT2D eigenvalue weighted by molar-refractivity contribution is 0.310. The third kappa shape index (κ3) is 3.59. The van der Waals surface area contributed by atoms with Crippen molar-refractivity contribution in [3.8, 4) is 6.07 Å². The van der Waals surface area contributed by atoms with Gasteiger partial charge in [0.2, 0.25) is 10.0 Å². The van der Waals surface area contributed by atoms with Gasteiger partial charge in [-0.1, -0.05) is 31.4 Å². The van der Waals surface area contributed by atoms with Crippen molar-refractivity contribution >= 4 is 10.0 Å². The molecule has 0 unspecified atom stereocenters. The molecule has 1 aliphatic carbocycles. The standard InChI is InChI=1S/C18H24N2O2S/c19-14-15-10-12-20(13-11-15)23(21,22)18-8-6-17(7-9-18)16-4-2-1-3-5-16/h6-9,15-16H,1-5,10-13H2. The monoisotopic (exact) mass is 332 g/mol. The Balaban J connectivity index is 1.72. The molecule has 124 valence electrons. The molecule has 1 aromatic carbocycles. The van der Waals surface area contributed by atoms with E-state index in [1.165, 1.54) is 42.0 Å². The molecule has 0 N–H and O–H groups in total. The van der Waals surface area contributed by atoms with Crippen molar-refractivity contribution in [3.05, 3.63) is 29.8 Å². The van der Waals surface area contributed by atoms with Gasteiger partial charge < -0.3 is 0 Å². The van der Waals surface area contributed by atoms with Crippen molar-refractivity contribution < 1.29 is 8.42 Å². The Hall–Kier alpha value is -1.38. The first-order valence-corrected chi connectivity index (χ1v) is 10.0. The van der Waals surface area contributed by atoms with Crippen molar-refractivity contribution in [1.29, 1.82) is 5.26 Å². The third-order valence-corrected chi connectivity index (χ3v) is 7.14. The fourth-order valence-electron chi connectivity index (χ4n) is 3.72. The van der Waals surface area contributed by atoms with Crippen molar-refractivity contribution in [3.63, 3.8) is 0 Å². The van der Waals surface area contributed by atoms with Crippen LogP contribution in [0, 0.1) is 17.2 Å². The van der Waals surface area contributed by atoms with E-state index in [2.05, 4.69) is 6.07 Å². The Labute approximate surface area is 139 Å². The largest absolute Gasteiger partial charge is 0.243 e. The molecule has 0 spiro atoms. The number of rotatable bonds is 3. The van der Waals surface area contributed by atoms with E-state index >= 15 is 0 Å². The van der Waals surface area contributed by atoms with Gasteiger partial charge in [0.25, 0.3) is 0 Å². The molecule has 1 aliphatic heterocycles. The van der Waals surface area contributed by atoms with Crippen LogP contribution in [0.15, 0.2) is 29.2 Å². The van der Waals surface area contributed by atoms with Crippen molar-refractivity contribution in [1.82, 2.24) is 4.31 Å². The minimum Gasteiger partial charge on any atom is -0.207 e. The summed E-state index contributed by atoms with van der Waals surface area (Å²) < 4.78 is 26.9. The van der Waals surface area contributed by atoms with Crippen LogP contribution in [-0.2, 0) is 10.0 Å². The predicted molar refractivity (Wildman–Crippen MR) is 89.4 cm³/mol. The number of hydrogen-bond donors (Lipinski definition) is 0. The summed E-state index contributed by atoms with van der Waals surface area (Å²) in [5.74, 6) is 0.585. The molecule has 2 fully saturated rings. The van der Waals surface area contributed by atoms with Crippen molar-refractivity contribution in [2.24, 2.45) is 5.92 Å². The van der Waals surface area contributed by atoms with E-state index in [4.69, 9.17) is 5.26 Å². The second-order valence-electron chi connectivity index (χ2n) is 6.71. The number of piperidine rings is 1. The Morgan fingerprint density at radius 2 is 1.57 bits per heavy atom. The first-order valence-electron chi connectivity index (χ1n) is 8.61. The Kier molecular flexibility index (Phi) is 5.03. The molecule has 2 aliphatic rings. The van der Waals surface area contributed by atoms with Gasteiger partial charge in [-0.25, -0.2) is 8.42 Å². The van der Waals surface area contributed by atoms with Crippen LogP contribution >= 0.6 is 0 Å². The molecule has 3 rings (SSSR count). The highest BCUT2D eigenvalue weighted by molar-refractivity contribution is 7.89. The molecule has 1 saturated heterocycles. The quantitative estimate of drug-likeness (QED) is 0.848. The molecule has 0 amide bonds. The van der Waals surface area contributed by atoms with E-state index in [1.54, 1.807) is 12.1 Å². The van der Waals surface area contributed by atoms with Gasteiger partial charge in [0, 0.05) is 19.0 Å². The lowest BCUT2D eigenvalue weighted by Crippen LogP contribution is -2.38. The van der Waals surface area contributed by atoms with Crippen LogP contribution in [0.5, 0.6) is 0 Å². The van der Waals surface area contributed by atoms with E-state index in [-0.39, 0.29) is 5.92 Å². The fourth-order valence-corrected chi connectivity index (χ4v) is 5.19. The van der Waals surface area contributed by atoms with E-state index in [1.807, 2.05) is 12.1 Å². The zero-order chi connectivity index (χ0) is 16.3. The van der Waals surface area contributed by atoms with Crippen LogP contribution in [0.25, 0.3) is 0 Å². The third-order valence-electron chi connectivity index (χ3n) is 5.23. The van der Waals surface area contributed by atoms with E-state index in [0.29, 0.717) is 36.7 Å². The predicted octanol–water partition coefficient (Wildman–Crippen LogP) is 3.66. The van der Waals surface area contributed by atoms with Gasteiger partial charge in [0.15, 0.2) is 0 Å². The number of hydrogen-bond acceptors (Lipinski definition) is 3. The van der Waals surface area contributed by atoms with Gasteiger partial charge in [0.05, 0.1) is 11.0 Å². The molecule has 0 radical (unpaired) electrons. The number of benzene rings is 1. The highest BCUT2D eigenvalue weighted by Gasteiger charge is 2.29. The molecule has 1 heterocycles. The summed E-state index contributed by atoms with van der Waals surface area (Å²) in [4.78, 5) is 0.382. The molecule has 4 nitrogen and oxygen atoms in total. The summed E-state index contributed by atoms with van der Waals surface area (Å²) in [6.45, 7) is 0.899. The van der Waals surface area contributed by atoms with Crippen LogP contribution in [0.4, 0.5) is 0 Å². The van der Waals surface area contributed by atoms with Gasteiger partial charge in [-0.15, -0.1) is 0 Å². The van der Waals surface area contributed by atoms with Gasteiger partial charge in [-0.05, 0) is 49.3 Å². The smallest absolute Gasteiger partial charge is 0.207 e. The molecular weight excluding hydrogens is 308 g/mol. The van der Waals surface area contributed by atoms with Crippen LogP contribution < -0.4 is 0 Å². The molecular formula is C18H24N2O2S. The van der Waals surface area contributed by atoms with Gasteiger partial charge in [-0.3, -0.25) is 0 Å². The zero-order valence-corrected chi connectivity index (χ0v) is 14.3. The highest BCUT2D eigenvalue weighted by atomic mass is 32.2. The van der Waals surface area contributed by atoms with E-state index in [0.717, 1.165) is 0 Å². The lowest BCUT2D eigenvalue weighted by atomic mass is 9.84. The normalized spacial score (nSPS) is 21.9. The van der Waals surface area contributed by atoms with Crippen LogP contribution in [0.2, 0.25) is 0 Å². The Bertz CT molecular complexity index is 662.